The zero-order valence-corrected chi connectivity index (χ0v) is 12.1. The van der Waals surface area contributed by atoms with Gasteiger partial charge in [0.2, 0.25) is 5.15 Å². The Bertz CT molecular complexity index is 552. The van der Waals surface area contributed by atoms with Crippen LogP contribution in [0.25, 0.3) is 0 Å². The topological polar surface area (TPSA) is 96.6 Å². The van der Waals surface area contributed by atoms with Crippen LogP contribution < -0.4 is 0 Å². The maximum Gasteiger partial charge on any atom is 0.319 e. The zero-order valence-electron chi connectivity index (χ0n) is 11.4. The van der Waals surface area contributed by atoms with Crippen LogP contribution in [0.2, 0.25) is 5.15 Å². The number of amides is 1. The van der Waals surface area contributed by atoms with Gasteiger partial charge in [-0.3, -0.25) is 14.9 Å². The third-order valence-corrected chi connectivity index (χ3v) is 3.92. The number of nitrogens with zero attached hydrogens (tertiary/aromatic N) is 3. The molecule has 1 aliphatic rings. The average Bonchev–Trinajstić information content (AvgIpc) is 2.70. The van der Waals surface area contributed by atoms with Crippen molar-refractivity contribution in [3.8, 4) is 0 Å². The van der Waals surface area contributed by atoms with Crippen molar-refractivity contribution < 1.29 is 14.8 Å². The van der Waals surface area contributed by atoms with Crippen molar-refractivity contribution in [2.24, 2.45) is 0 Å². The predicted molar refractivity (Wildman–Crippen MR) is 76.3 cm³/mol. The molecule has 2 rings (SSSR count). The summed E-state index contributed by atoms with van der Waals surface area (Å²) in [4.78, 5) is 28.2. The Kier molecular flexibility index (Phi) is 5.08. The number of aliphatic hydroxyl groups is 1. The summed E-state index contributed by atoms with van der Waals surface area (Å²) in [6.07, 6.45) is 4.67. The molecule has 1 N–H and O–H groups in total. The van der Waals surface area contributed by atoms with E-state index in [1.807, 2.05) is 0 Å². The molecule has 0 bridgehead atoms. The Morgan fingerprint density at radius 2 is 2.29 bits per heavy atom. The van der Waals surface area contributed by atoms with E-state index in [-0.39, 0.29) is 23.4 Å². The number of nitro groups is 1. The van der Waals surface area contributed by atoms with Crippen LogP contribution in [-0.4, -0.2) is 45.0 Å². The van der Waals surface area contributed by atoms with E-state index < -0.39 is 16.5 Å². The molecule has 2 heterocycles. The highest BCUT2D eigenvalue weighted by Gasteiger charge is 2.32. The van der Waals surface area contributed by atoms with Crippen LogP contribution in [0, 0.1) is 10.1 Å². The van der Waals surface area contributed by atoms with Gasteiger partial charge in [-0.1, -0.05) is 24.4 Å². The molecular formula is C13H16ClN3O4. The van der Waals surface area contributed by atoms with Crippen molar-refractivity contribution in [3.05, 3.63) is 33.1 Å². The van der Waals surface area contributed by atoms with Gasteiger partial charge in [-0.05, 0) is 18.9 Å². The summed E-state index contributed by atoms with van der Waals surface area (Å²) in [5.74, 6) is -0.480. The van der Waals surface area contributed by atoms with Gasteiger partial charge in [0, 0.05) is 12.7 Å². The molecule has 1 atom stereocenters. The van der Waals surface area contributed by atoms with Crippen molar-refractivity contribution in [1.82, 2.24) is 9.88 Å². The molecule has 1 fully saturated rings. The molecular weight excluding hydrogens is 298 g/mol. The van der Waals surface area contributed by atoms with Gasteiger partial charge in [0.25, 0.3) is 5.91 Å². The molecule has 0 saturated carbocycles. The molecule has 7 nitrogen and oxygen atoms in total. The fourth-order valence-corrected chi connectivity index (χ4v) is 2.79. The third-order valence-electron chi connectivity index (χ3n) is 3.64. The SMILES string of the molecule is O=C(c1ccnc(Cl)c1[N+](=O)[O-])N1CCCCCC1CO. The van der Waals surface area contributed by atoms with E-state index in [4.69, 9.17) is 11.6 Å². The summed E-state index contributed by atoms with van der Waals surface area (Å²) >= 11 is 5.74. The Morgan fingerprint density at radius 3 is 2.95 bits per heavy atom. The van der Waals surface area contributed by atoms with Gasteiger partial charge in [-0.25, -0.2) is 4.98 Å². The third kappa shape index (κ3) is 3.30. The molecule has 0 aromatic carbocycles. The van der Waals surface area contributed by atoms with Gasteiger partial charge in [0.15, 0.2) is 0 Å². The standard InChI is InChI=1S/C13H16ClN3O4/c14-12-11(17(20)21)10(5-6-15-12)13(19)16-7-3-1-2-4-9(16)8-18/h5-6,9,18H,1-4,7-8H2. The molecule has 1 amide bonds. The zero-order chi connectivity index (χ0) is 15.4. The van der Waals surface area contributed by atoms with Crippen LogP contribution in [-0.2, 0) is 0 Å². The first kappa shape index (κ1) is 15.7. The largest absolute Gasteiger partial charge is 0.394 e. The van der Waals surface area contributed by atoms with Crippen LogP contribution in [0.4, 0.5) is 5.69 Å². The van der Waals surface area contributed by atoms with Crippen LogP contribution >= 0.6 is 11.6 Å². The minimum absolute atomic E-state index is 0.0830. The highest BCUT2D eigenvalue weighted by atomic mass is 35.5. The summed E-state index contributed by atoms with van der Waals surface area (Å²) in [7, 11) is 0. The first-order valence-electron chi connectivity index (χ1n) is 6.77. The lowest BCUT2D eigenvalue weighted by molar-refractivity contribution is -0.385. The number of aliphatic hydroxyl groups excluding tert-OH is 1. The molecule has 1 aliphatic heterocycles. The summed E-state index contributed by atoms with van der Waals surface area (Å²) in [5.41, 5.74) is -0.564. The first-order valence-corrected chi connectivity index (χ1v) is 7.14. The Labute approximate surface area is 126 Å². The average molecular weight is 314 g/mol. The summed E-state index contributed by atoms with van der Waals surface area (Å²) in [6.45, 7) is 0.319. The van der Waals surface area contributed by atoms with Gasteiger partial charge >= 0.3 is 5.69 Å². The van der Waals surface area contributed by atoms with Crippen molar-refractivity contribution in [1.29, 1.82) is 0 Å². The van der Waals surface area contributed by atoms with Gasteiger partial charge in [-0.15, -0.1) is 0 Å². The number of likely N-dealkylation sites (tertiary alicyclic amines) is 1. The van der Waals surface area contributed by atoms with Gasteiger partial charge < -0.3 is 10.0 Å². The Morgan fingerprint density at radius 1 is 1.52 bits per heavy atom. The second kappa shape index (κ2) is 6.82. The van der Waals surface area contributed by atoms with E-state index in [0.29, 0.717) is 13.0 Å². The fraction of sp³-hybridized carbons (Fsp3) is 0.538. The van der Waals surface area contributed by atoms with Crippen LogP contribution in [0.3, 0.4) is 0 Å². The normalized spacial score (nSPS) is 19.1. The minimum Gasteiger partial charge on any atom is -0.394 e. The molecule has 21 heavy (non-hydrogen) atoms. The molecule has 1 saturated heterocycles. The van der Waals surface area contributed by atoms with Gasteiger partial charge in [-0.2, -0.15) is 0 Å². The van der Waals surface area contributed by atoms with E-state index in [2.05, 4.69) is 4.98 Å². The van der Waals surface area contributed by atoms with E-state index in [1.54, 1.807) is 0 Å². The number of hydrogen-bond donors (Lipinski definition) is 1. The molecule has 0 radical (unpaired) electrons. The maximum atomic E-state index is 12.6. The second-order valence-electron chi connectivity index (χ2n) is 4.94. The molecule has 8 heteroatoms. The highest BCUT2D eigenvalue weighted by molar-refractivity contribution is 6.32. The second-order valence-corrected chi connectivity index (χ2v) is 5.30. The molecule has 1 aromatic heterocycles. The lowest BCUT2D eigenvalue weighted by Crippen LogP contribution is -2.42. The van der Waals surface area contributed by atoms with Crippen molar-refractivity contribution >= 4 is 23.2 Å². The molecule has 114 valence electrons. The molecule has 0 aliphatic carbocycles. The predicted octanol–water partition coefficient (Wildman–Crippen LogP) is 2.02. The maximum absolute atomic E-state index is 12.6. The number of carbonyl (C=O) groups excluding carboxylic acids is 1. The summed E-state index contributed by atoms with van der Waals surface area (Å²) in [5, 5.41) is 20.3. The van der Waals surface area contributed by atoms with E-state index in [0.717, 1.165) is 19.3 Å². The van der Waals surface area contributed by atoms with Gasteiger partial charge in [0.05, 0.1) is 17.6 Å². The Hall–Kier alpha value is -1.73. The number of hydrogen-bond acceptors (Lipinski definition) is 5. The highest BCUT2D eigenvalue weighted by Crippen LogP contribution is 2.28. The summed E-state index contributed by atoms with van der Waals surface area (Å²) < 4.78 is 0. The van der Waals surface area contributed by atoms with Crippen LogP contribution in [0.1, 0.15) is 36.0 Å². The number of carbonyl (C=O) groups is 1. The van der Waals surface area contributed by atoms with Crippen LogP contribution in [0.5, 0.6) is 0 Å². The van der Waals surface area contributed by atoms with E-state index in [9.17, 15) is 20.0 Å². The molecule has 0 spiro atoms. The molecule has 1 aromatic rings. The lowest BCUT2D eigenvalue weighted by Gasteiger charge is -2.28. The van der Waals surface area contributed by atoms with Crippen molar-refractivity contribution in [2.75, 3.05) is 13.2 Å². The van der Waals surface area contributed by atoms with Crippen molar-refractivity contribution in [2.45, 2.75) is 31.7 Å². The van der Waals surface area contributed by atoms with Crippen molar-refractivity contribution in [3.63, 3.8) is 0 Å². The van der Waals surface area contributed by atoms with E-state index in [1.165, 1.54) is 17.2 Å². The number of aromatic nitrogens is 1. The quantitative estimate of drug-likeness (QED) is 0.523. The fourth-order valence-electron chi connectivity index (χ4n) is 2.56. The number of halogens is 1. The van der Waals surface area contributed by atoms with E-state index >= 15 is 0 Å². The Balaban J connectivity index is 2.38. The monoisotopic (exact) mass is 313 g/mol. The lowest BCUT2D eigenvalue weighted by atomic mass is 10.1. The molecule has 1 unspecified atom stereocenters. The smallest absolute Gasteiger partial charge is 0.319 e. The summed E-state index contributed by atoms with van der Waals surface area (Å²) in [6, 6.07) is 0.984. The first-order chi connectivity index (χ1) is 10.1. The van der Waals surface area contributed by atoms with Gasteiger partial charge in [0.1, 0.15) is 5.56 Å². The minimum atomic E-state index is -0.700. The number of rotatable bonds is 3. The number of pyridine rings is 1. The van der Waals surface area contributed by atoms with Crippen LogP contribution in [0.15, 0.2) is 12.3 Å².